The van der Waals surface area contributed by atoms with E-state index in [-0.39, 0.29) is 17.7 Å². The third-order valence-corrected chi connectivity index (χ3v) is 5.77. The Morgan fingerprint density at radius 3 is 2.23 bits per heavy atom. The van der Waals surface area contributed by atoms with E-state index in [2.05, 4.69) is 23.5 Å². The number of nitrogens with one attached hydrogen (secondary N) is 1. The zero-order valence-electron chi connectivity index (χ0n) is 14.0. The Kier molecular flexibility index (Phi) is 5.84. The predicted octanol–water partition coefficient (Wildman–Crippen LogP) is 0.0408. The van der Waals surface area contributed by atoms with Crippen LogP contribution in [0.4, 0.5) is 0 Å². The molecular weight excluding hydrogens is 306 g/mol. The second kappa shape index (κ2) is 7.11. The van der Waals surface area contributed by atoms with Crippen molar-refractivity contribution >= 4 is 10.2 Å². The molecule has 7 nitrogen and oxygen atoms in total. The number of ether oxygens (including phenoxy) is 2. The molecule has 2 atom stereocenters. The maximum atomic E-state index is 12.5. The van der Waals surface area contributed by atoms with Gasteiger partial charge in [0.2, 0.25) is 0 Å². The van der Waals surface area contributed by atoms with E-state index in [1.54, 1.807) is 0 Å². The lowest BCUT2D eigenvalue weighted by Crippen LogP contribution is -2.58. The molecule has 8 heteroatoms. The van der Waals surface area contributed by atoms with Crippen LogP contribution in [0.1, 0.15) is 27.7 Å². The molecule has 0 aromatic carbocycles. The van der Waals surface area contributed by atoms with E-state index in [1.807, 2.05) is 13.8 Å². The van der Waals surface area contributed by atoms with Crippen molar-refractivity contribution in [2.75, 3.05) is 45.9 Å². The normalized spacial score (nSPS) is 29.6. The highest BCUT2D eigenvalue weighted by atomic mass is 32.2. The molecule has 2 unspecified atom stereocenters. The summed E-state index contributed by atoms with van der Waals surface area (Å²) >= 11 is 0. The molecule has 0 aromatic heterocycles. The van der Waals surface area contributed by atoms with Crippen molar-refractivity contribution in [3.63, 3.8) is 0 Å². The van der Waals surface area contributed by atoms with Gasteiger partial charge in [0.15, 0.2) is 0 Å². The number of nitrogens with zero attached hydrogens (tertiary/aromatic N) is 2. The van der Waals surface area contributed by atoms with Crippen LogP contribution in [-0.2, 0) is 19.7 Å². The van der Waals surface area contributed by atoms with Gasteiger partial charge in [-0.05, 0) is 27.7 Å². The van der Waals surface area contributed by atoms with Crippen LogP contribution in [0.15, 0.2) is 0 Å². The minimum Gasteiger partial charge on any atom is -0.379 e. The topological polar surface area (TPSA) is 71.1 Å². The number of morpholine rings is 2. The molecular formula is C14H29N3O4S. The van der Waals surface area contributed by atoms with E-state index in [0.717, 1.165) is 13.1 Å². The minimum absolute atomic E-state index is 0.0763. The van der Waals surface area contributed by atoms with Gasteiger partial charge in [0.25, 0.3) is 10.2 Å². The van der Waals surface area contributed by atoms with Crippen molar-refractivity contribution in [1.29, 1.82) is 0 Å². The maximum Gasteiger partial charge on any atom is 0.279 e. The molecule has 0 radical (unpaired) electrons. The summed E-state index contributed by atoms with van der Waals surface area (Å²) in [5.41, 5.74) is -0.236. The lowest BCUT2D eigenvalue weighted by molar-refractivity contribution is -0.0446. The fraction of sp³-hybridized carbons (Fsp3) is 1.00. The largest absolute Gasteiger partial charge is 0.379 e. The first-order valence-electron chi connectivity index (χ1n) is 7.94. The van der Waals surface area contributed by atoms with Gasteiger partial charge in [0, 0.05) is 38.3 Å². The number of rotatable bonds is 5. The van der Waals surface area contributed by atoms with E-state index >= 15 is 0 Å². The van der Waals surface area contributed by atoms with Gasteiger partial charge < -0.3 is 9.47 Å². The Balaban J connectivity index is 1.93. The molecule has 2 heterocycles. The average Bonchev–Trinajstić information content (AvgIpc) is 2.45. The highest BCUT2D eigenvalue weighted by Crippen LogP contribution is 2.17. The molecule has 22 heavy (non-hydrogen) atoms. The van der Waals surface area contributed by atoms with Gasteiger partial charge in [0.1, 0.15) is 0 Å². The summed E-state index contributed by atoms with van der Waals surface area (Å²) < 4.78 is 40.3. The Hall–Kier alpha value is -0.250. The second-order valence-electron chi connectivity index (χ2n) is 6.81. The molecule has 2 aliphatic heterocycles. The Bertz CT molecular complexity index is 453. The average molecular weight is 335 g/mol. The molecule has 2 fully saturated rings. The summed E-state index contributed by atoms with van der Waals surface area (Å²) in [4.78, 5) is 2.27. The first-order valence-corrected chi connectivity index (χ1v) is 9.38. The summed E-state index contributed by atoms with van der Waals surface area (Å²) in [6, 6.07) is 0. The van der Waals surface area contributed by atoms with Gasteiger partial charge in [-0.15, -0.1) is 0 Å². The molecule has 0 aromatic rings. The fourth-order valence-electron chi connectivity index (χ4n) is 2.97. The third-order valence-electron chi connectivity index (χ3n) is 4.28. The molecule has 0 aliphatic carbocycles. The van der Waals surface area contributed by atoms with E-state index in [1.165, 1.54) is 4.31 Å². The van der Waals surface area contributed by atoms with Crippen molar-refractivity contribution in [2.24, 2.45) is 0 Å². The first kappa shape index (κ1) is 18.1. The molecule has 2 aliphatic rings. The number of hydrogen-bond donors (Lipinski definition) is 1. The Morgan fingerprint density at radius 2 is 1.68 bits per heavy atom. The van der Waals surface area contributed by atoms with Crippen LogP contribution in [0, 0.1) is 0 Å². The summed E-state index contributed by atoms with van der Waals surface area (Å²) in [6.45, 7) is 12.2. The van der Waals surface area contributed by atoms with Crippen LogP contribution in [0.25, 0.3) is 0 Å². The van der Waals surface area contributed by atoms with Crippen LogP contribution in [-0.4, -0.2) is 81.3 Å². The Morgan fingerprint density at radius 1 is 1.14 bits per heavy atom. The second-order valence-corrected chi connectivity index (χ2v) is 8.57. The van der Waals surface area contributed by atoms with Gasteiger partial charge in [-0.1, -0.05) is 0 Å². The molecule has 0 spiro atoms. The van der Waals surface area contributed by atoms with Crippen molar-refractivity contribution in [3.05, 3.63) is 0 Å². The zero-order chi connectivity index (χ0) is 16.4. The quantitative estimate of drug-likeness (QED) is 0.768. The highest BCUT2D eigenvalue weighted by Gasteiger charge is 2.34. The predicted molar refractivity (Wildman–Crippen MR) is 85.0 cm³/mol. The molecule has 1 N–H and O–H groups in total. The van der Waals surface area contributed by atoms with Crippen molar-refractivity contribution in [1.82, 2.24) is 13.9 Å². The first-order chi connectivity index (χ1) is 10.2. The van der Waals surface area contributed by atoms with Crippen LogP contribution in [0.5, 0.6) is 0 Å². The summed E-state index contributed by atoms with van der Waals surface area (Å²) in [7, 11) is -3.48. The molecule has 0 saturated carbocycles. The summed E-state index contributed by atoms with van der Waals surface area (Å²) in [5.74, 6) is 0. The SMILES string of the molecule is CC1CN(S(=O)(=O)NCC(C)(C)N2CCOCC2)CC(C)O1. The maximum absolute atomic E-state index is 12.5. The monoisotopic (exact) mass is 335 g/mol. The third kappa shape index (κ3) is 4.62. The lowest BCUT2D eigenvalue weighted by Gasteiger charge is -2.41. The van der Waals surface area contributed by atoms with Gasteiger partial charge in [-0.3, -0.25) is 4.90 Å². The molecule has 130 valence electrons. The van der Waals surface area contributed by atoms with Gasteiger partial charge in [-0.25, -0.2) is 4.72 Å². The van der Waals surface area contributed by atoms with Crippen LogP contribution < -0.4 is 4.72 Å². The molecule has 2 rings (SSSR count). The zero-order valence-corrected chi connectivity index (χ0v) is 14.9. The van der Waals surface area contributed by atoms with Gasteiger partial charge in [-0.2, -0.15) is 12.7 Å². The van der Waals surface area contributed by atoms with Crippen molar-refractivity contribution in [2.45, 2.75) is 45.4 Å². The smallest absolute Gasteiger partial charge is 0.279 e. The van der Waals surface area contributed by atoms with Crippen LogP contribution in [0.2, 0.25) is 0 Å². The highest BCUT2D eigenvalue weighted by molar-refractivity contribution is 7.87. The fourth-order valence-corrected chi connectivity index (χ4v) is 4.50. The van der Waals surface area contributed by atoms with E-state index in [4.69, 9.17) is 9.47 Å². The van der Waals surface area contributed by atoms with Crippen molar-refractivity contribution < 1.29 is 17.9 Å². The molecule has 0 amide bonds. The van der Waals surface area contributed by atoms with Gasteiger partial charge in [0.05, 0.1) is 25.4 Å². The minimum atomic E-state index is -3.48. The summed E-state index contributed by atoms with van der Waals surface area (Å²) in [5, 5.41) is 0. The molecule has 0 bridgehead atoms. The molecule has 2 saturated heterocycles. The van der Waals surface area contributed by atoms with Crippen molar-refractivity contribution in [3.8, 4) is 0 Å². The van der Waals surface area contributed by atoms with Gasteiger partial charge >= 0.3 is 0 Å². The standard InChI is InChI=1S/C14H29N3O4S/c1-12-9-17(10-13(2)21-12)22(18,19)15-11-14(3,4)16-5-7-20-8-6-16/h12-13,15H,5-11H2,1-4H3. The Labute approximate surface area is 134 Å². The van der Waals surface area contributed by atoms with Crippen LogP contribution in [0.3, 0.4) is 0 Å². The van der Waals surface area contributed by atoms with E-state index in [9.17, 15) is 8.42 Å². The van der Waals surface area contributed by atoms with E-state index < -0.39 is 10.2 Å². The summed E-state index contributed by atoms with van der Waals surface area (Å²) in [6.07, 6.45) is -0.153. The van der Waals surface area contributed by atoms with Crippen LogP contribution >= 0.6 is 0 Å². The van der Waals surface area contributed by atoms with E-state index in [0.29, 0.717) is 32.8 Å². The lowest BCUT2D eigenvalue weighted by atomic mass is 10.0. The number of hydrogen-bond acceptors (Lipinski definition) is 5.